The van der Waals surface area contributed by atoms with E-state index in [4.69, 9.17) is 46.4 Å². The molecule has 0 aliphatic carbocycles. The Bertz CT molecular complexity index is 788. The second-order valence-corrected chi connectivity index (χ2v) is 6.12. The second kappa shape index (κ2) is 7.90. The van der Waals surface area contributed by atoms with Crippen LogP contribution in [0.4, 0.5) is 17.1 Å². The first-order valence-electron chi connectivity index (χ1n) is 6.40. The SMILES string of the molecule is O=C(CNc1cccc([N+](=O)[O-])c1)Nc1c(Cl)c(Cl)cc(Cl)c1Cl. The average molecular weight is 409 g/mol. The fraction of sp³-hybridized carbons (Fsp3) is 0.0714. The van der Waals surface area contributed by atoms with Crippen molar-refractivity contribution in [1.29, 1.82) is 0 Å². The predicted octanol–water partition coefficient (Wildman–Crippen LogP) is 5.26. The normalized spacial score (nSPS) is 10.3. The van der Waals surface area contributed by atoms with Crippen molar-refractivity contribution >= 4 is 69.4 Å². The lowest BCUT2D eigenvalue weighted by Crippen LogP contribution is -2.22. The molecule has 2 rings (SSSR count). The summed E-state index contributed by atoms with van der Waals surface area (Å²) in [6.07, 6.45) is 0. The van der Waals surface area contributed by atoms with Crippen LogP contribution in [0, 0.1) is 10.1 Å². The first-order chi connectivity index (χ1) is 11.3. The highest BCUT2D eigenvalue weighted by Crippen LogP contribution is 2.40. The molecule has 0 aliphatic rings. The van der Waals surface area contributed by atoms with Gasteiger partial charge in [0.05, 0.1) is 37.2 Å². The van der Waals surface area contributed by atoms with Gasteiger partial charge in [0, 0.05) is 17.8 Å². The zero-order chi connectivity index (χ0) is 17.9. The zero-order valence-corrected chi connectivity index (χ0v) is 14.8. The average Bonchev–Trinajstić information content (AvgIpc) is 2.55. The number of anilines is 2. The maximum absolute atomic E-state index is 12.0. The minimum absolute atomic E-state index is 0.0646. The molecular formula is C14H9Cl4N3O3. The maximum Gasteiger partial charge on any atom is 0.271 e. The lowest BCUT2D eigenvalue weighted by molar-refractivity contribution is -0.384. The molecule has 0 saturated heterocycles. The largest absolute Gasteiger partial charge is 0.376 e. The number of non-ortho nitro benzene ring substituents is 1. The smallest absolute Gasteiger partial charge is 0.271 e. The molecule has 0 atom stereocenters. The molecule has 0 fully saturated rings. The van der Waals surface area contributed by atoms with E-state index in [1.807, 2.05) is 0 Å². The van der Waals surface area contributed by atoms with Gasteiger partial charge in [0.2, 0.25) is 5.91 Å². The van der Waals surface area contributed by atoms with Crippen molar-refractivity contribution in [3.8, 4) is 0 Å². The number of halogens is 4. The van der Waals surface area contributed by atoms with Gasteiger partial charge in [-0.25, -0.2) is 0 Å². The van der Waals surface area contributed by atoms with Crippen LogP contribution >= 0.6 is 46.4 Å². The van der Waals surface area contributed by atoms with Gasteiger partial charge < -0.3 is 10.6 Å². The minimum Gasteiger partial charge on any atom is -0.376 e. The number of rotatable bonds is 5. The first kappa shape index (κ1) is 18.6. The molecule has 0 bridgehead atoms. The van der Waals surface area contributed by atoms with E-state index in [1.165, 1.54) is 24.3 Å². The van der Waals surface area contributed by atoms with Crippen molar-refractivity contribution in [1.82, 2.24) is 0 Å². The summed E-state index contributed by atoms with van der Waals surface area (Å²) < 4.78 is 0. The number of nitro benzene ring substituents is 1. The van der Waals surface area contributed by atoms with Crippen molar-refractivity contribution in [3.05, 3.63) is 60.5 Å². The van der Waals surface area contributed by atoms with Gasteiger partial charge in [0.15, 0.2) is 0 Å². The Balaban J connectivity index is 2.07. The van der Waals surface area contributed by atoms with E-state index in [9.17, 15) is 14.9 Å². The van der Waals surface area contributed by atoms with Gasteiger partial charge in [-0.15, -0.1) is 0 Å². The number of hydrogen-bond acceptors (Lipinski definition) is 4. The molecule has 2 aromatic carbocycles. The van der Waals surface area contributed by atoms with Crippen molar-refractivity contribution in [2.45, 2.75) is 0 Å². The number of carbonyl (C=O) groups is 1. The standard InChI is InChI=1S/C14H9Cl4N3O3/c15-9-5-10(16)13(18)14(12(9)17)20-11(22)6-19-7-2-1-3-8(4-7)21(23)24/h1-5,19H,6H2,(H,20,22). The molecule has 0 unspecified atom stereocenters. The molecule has 0 spiro atoms. The van der Waals surface area contributed by atoms with Gasteiger partial charge in [0.1, 0.15) is 0 Å². The zero-order valence-electron chi connectivity index (χ0n) is 11.8. The van der Waals surface area contributed by atoms with Gasteiger partial charge in [-0.1, -0.05) is 52.5 Å². The van der Waals surface area contributed by atoms with Crippen LogP contribution in [-0.4, -0.2) is 17.4 Å². The van der Waals surface area contributed by atoms with Crippen LogP contribution in [0.1, 0.15) is 0 Å². The Morgan fingerprint density at radius 2 is 1.71 bits per heavy atom. The summed E-state index contributed by atoms with van der Waals surface area (Å²) >= 11 is 23.8. The topological polar surface area (TPSA) is 84.3 Å². The van der Waals surface area contributed by atoms with Gasteiger partial charge in [-0.05, 0) is 12.1 Å². The number of nitro groups is 1. The van der Waals surface area contributed by atoms with Gasteiger partial charge in [0.25, 0.3) is 5.69 Å². The van der Waals surface area contributed by atoms with Crippen LogP contribution in [0.3, 0.4) is 0 Å². The third-order valence-electron chi connectivity index (χ3n) is 2.89. The van der Waals surface area contributed by atoms with Crippen LogP contribution in [0.5, 0.6) is 0 Å². The summed E-state index contributed by atoms with van der Waals surface area (Å²) in [6.45, 7) is -0.169. The Kier molecular flexibility index (Phi) is 6.12. The highest BCUT2D eigenvalue weighted by molar-refractivity contribution is 6.50. The lowest BCUT2D eigenvalue weighted by Gasteiger charge is -2.12. The monoisotopic (exact) mass is 407 g/mol. The van der Waals surface area contributed by atoms with Crippen molar-refractivity contribution in [3.63, 3.8) is 0 Å². The molecule has 0 aliphatic heterocycles. The summed E-state index contributed by atoms with van der Waals surface area (Å²) in [5.74, 6) is -0.483. The Labute approximate surface area is 156 Å². The van der Waals surface area contributed by atoms with Crippen LogP contribution in [0.25, 0.3) is 0 Å². The summed E-state index contributed by atoms with van der Waals surface area (Å²) in [4.78, 5) is 22.2. The van der Waals surface area contributed by atoms with Crippen molar-refractivity contribution in [2.24, 2.45) is 0 Å². The highest BCUT2D eigenvalue weighted by atomic mass is 35.5. The molecule has 24 heavy (non-hydrogen) atoms. The fourth-order valence-corrected chi connectivity index (χ4v) is 2.68. The molecule has 1 amide bonds. The van der Waals surface area contributed by atoms with E-state index >= 15 is 0 Å². The summed E-state index contributed by atoms with van der Waals surface area (Å²) in [5.41, 5.74) is 0.426. The molecule has 6 nitrogen and oxygen atoms in total. The number of amides is 1. The lowest BCUT2D eigenvalue weighted by atomic mass is 10.3. The molecule has 2 aromatic rings. The number of hydrogen-bond donors (Lipinski definition) is 2. The van der Waals surface area contributed by atoms with Crippen molar-refractivity contribution in [2.75, 3.05) is 17.2 Å². The summed E-state index contributed by atoms with van der Waals surface area (Å²) in [6, 6.07) is 7.12. The number of benzene rings is 2. The second-order valence-electron chi connectivity index (χ2n) is 4.55. The Hall–Kier alpha value is -1.73. The number of nitrogens with one attached hydrogen (secondary N) is 2. The molecule has 10 heteroatoms. The van der Waals surface area contributed by atoms with Crippen LogP contribution in [-0.2, 0) is 4.79 Å². The van der Waals surface area contributed by atoms with E-state index in [2.05, 4.69) is 10.6 Å². The van der Waals surface area contributed by atoms with E-state index in [0.29, 0.717) is 5.69 Å². The summed E-state index contributed by atoms with van der Waals surface area (Å²) in [7, 11) is 0. The van der Waals surface area contributed by atoms with E-state index in [1.54, 1.807) is 6.07 Å². The van der Waals surface area contributed by atoms with Crippen LogP contribution in [0.15, 0.2) is 30.3 Å². The van der Waals surface area contributed by atoms with Crippen LogP contribution < -0.4 is 10.6 Å². The van der Waals surface area contributed by atoms with Gasteiger partial charge >= 0.3 is 0 Å². The highest BCUT2D eigenvalue weighted by Gasteiger charge is 2.16. The Morgan fingerprint density at radius 3 is 2.29 bits per heavy atom. The minimum atomic E-state index is -0.529. The molecule has 0 radical (unpaired) electrons. The molecule has 0 saturated carbocycles. The molecule has 2 N–H and O–H groups in total. The number of nitrogens with zero attached hydrogens (tertiary/aromatic N) is 1. The number of carbonyl (C=O) groups excluding carboxylic acids is 1. The third-order valence-corrected chi connectivity index (χ3v) is 4.46. The van der Waals surface area contributed by atoms with Gasteiger partial charge in [-0.3, -0.25) is 14.9 Å². The molecular weight excluding hydrogens is 400 g/mol. The van der Waals surface area contributed by atoms with E-state index < -0.39 is 10.8 Å². The van der Waals surface area contributed by atoms with E-state index in [-0.39, 0.29) is 38.0 Å². The predicted molar refractivity (Wildman–Crippen MR) is 96.7 cm³/mol. The Morgan fingerprint density at radius 1 is 1.08 bits per heavy atom. The fourth-order valence-electron chi connectivity index (χ4n) is 1.78. The maximum atomic E-state index is 12.0. The van der Waals surface area contributed by atoms with Crippen molar-refractivity contribution < 1.29 is 9.72 Å². The van der Waals surface area contributed by atoms with Gasteiger partial charge in [-0.2, -0.15) is 0 Å². The van der Waals surface area contributed by atoms with E-state index in [0.717, 1.165) is 0 Å². The summed E-state index contributed by atoms with van der Waals surface area (Å²) in [5, 5.41) is 16.4. The third kappa shape index (κ3) is 4.42. The molecule has 0 heterocycles. The van der Waals surface area contributed by atoms with Crippen LogP contribution in [0.2, 0.25) is 20.1 Å². The molecule has 0 aromatic heterocycles. The first-order valence-corrected chi connectivity index (χ1v) is 7.92. The quantitative estimate of drug-likeness (QED) is 0.401. The molecule has 126 valence electrons.